The molecule has 2 aromatic rings. The third kappa shape index (κ3) is 1.94. The largest absolute Gasteiger partial charge is 0.360 e. The molecule has 18 heavy (non-hydrogen) atoms. The molecule has 1 aliphatic rings. The van der Waals surface area contributed by atoms with E-state index in [0.717, 1.165) is 17.0 Å². The molecule has 3 rings (SSSR count). The van der Waals surface area contributed by atoms with E-state index in [0.29, 0.717) is 5.92 Å². The zero-order valence-electron chi connectivity index (χ0n) is 10.7. The molecule has 1 aromatic carbocycles. The molecule has 0 saturated heterocycles. The Morgan fingerprint density at radius 2 is 2.06 bits per heavy atom. The highest BCUT2D eigenvalue weighted by molar-refractivity contribution is 6.35. The number of nitrogens with two attached hydrogens (primary N) is 1. The Kier molecular flexibility index (Phi) is 3.08. The minimum atomic E-state index is 0.289. The van der Waals surface area contributed by atoms with E-state index in [-0.39, 0.29) is 6.04 Å². The molecule has 1 aromatic heterocycles. The van der Waals surface area contributed by atoms with E-state index in [9.17, 15) is 0 Å². The summed E-state index contributed by atoms with van der Waals surface area (Å²) in [6.45, 7) is 2.09. The van der Waals surface area contributed by atoms with Crippen molar-refractivity contribution in [2.75, 3.05) is 0 Å². The van der Waals surface area contributed by atoms with Crippen LogP contribution in [0.1, 0.15) is 42.7 Å². The van der Waals surface area contributed by atoms with Gasteiger partial charge in [0.25, 0.3) is 0 Å². The summed E-state index contributed by atoms with van der Waals surface area (Å²) in [6.07, 6.45) is 6.98. The smallest absolute Gasteiger partial charge is 0.0649 e. The van der Waals surface area contributed by atoms with Crippen molar-refractivity contribution in [3.63, 3.8) is 0 Å². The van der Waals surface area contributed by atoms with E-state index in [2.05, 4.69) is 24.2 Å². The third-order valence-corrected chi connectivity index (χ3v) is 4.43. The van der Waals surface area contributed by atoms with E-state index >= 15 is 0 Å². The molecule has 0 spiro atoms. The molecule has 2 atom stereocenters. The number of aromatic nitrogens is 1. The third-order valence-electron chi connectivity index (χ3n) is 4.14. The zero-order valence-corrected chi connectivity index (χ0v) is 11.4. The normalized spacial score (nSPS) is 24.6. The lowest BCUT2D eigenvalue weighted by atomic mass is 9.80. The van der Waals surface area contributed by atoms with Gasteiger partial charge in [-0.2, -0.15) is 0 Å². The lowest BCUT2D eigenvalue weighted by Crippen LogP contribution is -2.31. The Bertz CT molecular complexity index is 573. The molecule has 1 saturated carbocycles. The topological polar surface area (TPSA) is 41.8 Å². The Hall–Kier alpha value is -0.990. The van der Waals surface area contributed by atoms with Crippen LogP contribution in [0.25, 0.3) is 10.9 Å². The van der Waals surface area contributed by atoms with Crippen LogP contribution in [0.3, 0.4) is 0 Å². The number of aryl methyl sites for hydroxylation is 1. The maximum absolute atomic E-state index is 6.29. The van der Waals surface area contributed by atoms with Gasteiger partial charge in [-0.3, -0.25) is 0 Å². The summed E-state index contributed by atoms with van der Waals surface area (Å²) in [7, 11) is 0. The number of aromatic amines is 1. The summed E-state index contributed by atoms with van der Waals surface area (Å²) >= 11 is 6.29. The fourth-order valence-electron chi connectivity index (χ4n) is 3.20. The zero-order chi connectivity index (χ0) is 12.7. The van der Waals surface area contributed by atoms with E-state index in [1.165, 1.54) is 35.8 Å². The van der Waals surface area contributed by atoms with Crippen LogP contribution in [0.15, 0.2) is 18.3 Å². The van der Waals surface area contributed by atoms with Crippen molar-refractivity contribution in [3.8, 4) is 0 Å². The van der Waals surface area contributed by atoms with E-state index in [4.69, 9.17) is 17.3 Å². The predicted octanol–water partition coefficient (Wildman–Crippen LogP) is 4.11. The molecule has 2 unspecified atom stereocenters. The van der Waals surface area contributed by atoms with Gasteiger partial charge in [0.15, 0.2) is 0 Å². The molecule has 1 fully saturated rings. The van der Waals surface area contributed by atoms with E-state index < -0.39 is 0 Å². The van der Waals surface area contributed by atoms with E-state index in [1.54, 1.807) is 0 Å². The number of fused-ring (bicyclic) bond motifs is 1. The first kappa shape index (κ1) is 12.1. The van der Waals surface area contributed by atoms with Crippen LogP contribution < -0.4 is 5.73 Å². The van der Waals surface area contributed by atoms with Gasteiger partial charge in [0.05, 0.1) is 10.5 Å². The first-order chi connectivity index (χ1) is 8.66. The van der Waals surface area contributed by atoms with Gasteiger partial charge in [0.2, 0.25) is 0 Å². The molecule has 0 radical (unpaired) electrons. The van der Waals surface area contributed by atoms with Gasteiger partial charge in [-0.05, 0) is 43.0 Å². The summed E-state index contributed by atoms with van der Waals surface area (Å²) in [6, 6.07) is 4.51. The Morgan fingerprint density at radius 1 is 1.28 bits per heavy atom. The van der Waals surface area contributed by atoms with Crippen molar-refractivity contribution < 1.29 is 0 Å². The molecule has 1 aliphatic carbocycles. The number of nitrogens with one attached hydrogen (secondary N) is 1. The Morgan fingerprint density at radius 3 is 2.83 bits per heavy atom. The van der Waals surface area contributed by atoms with Gasteiger partial charge >= 0.3 is 0 Å². The highest BCUT2D eigenvalue weighted by Crippen LogP contribution is 2.37. The van der Waals surface area contributed by atoms with Crippen LogP contribution in [0.4, 0.5) is 0 Å². The van der Waals surface area contributed by atoms with Gasteiger partial charge in [0.1, 0.15) is 0 Å². The number of H-pyrrole nitrogens is 1. The fraction of sp³-hybridized carbons (Fsp3) is 0.467. The van der Waals surface area contributed by atoms with Gasteiger partial charge < -0.3 is 10.7 Å². The molecule has 2 nitrogen and oxygen atoms in total. The molecule has 0 amide bonds. The molecule has 0 aliphatic heterocycles. The summed E-state index contributed by atoms with van der Waals surface area (Å²) < 4.78 is 0. The quantitative estimate of drug-likeness (QED) is 0.798. The maximum atomic E-state index is 6.29. The fourth-order valence-corrected chi connectivity index (χ4v) is 3.53. The maximum Gasteiger partial charge on any atom is 0.0649 e. The van der Waals surface area contributed by atoms with Crippen LogP contribution in [0, 0.1) is 6.92 Å². The second kappa shape index (κ2) is 4.60. The van der Waals surface area contributed by atoms with Crippen LogP contribution >= 0.6 is 11.6 Å². The van der Waals surface area contributed by atoms with Crippen LogP contribution in [0.5, 0.6) is 0 Å². The van der Waals surface area contributed by atoms with E-state index in [1.807, 2.05) is 6.07 Å². The number of halogens is 1. The monoisotopic (exact) mass is 262 g/mol. The second-order valence-electron chi connectivity index (χ2n) is 5.47. The lowest BCUT2D eigenvalue weighted by Gasteiger charge is -2.28. The molecular weight excluding hydrogens is 244 g/mol. The molecule has 3 N–H and O–H groups in total. The average molecular weight is 263 g/mol. The van der Waals surface area contributed by atoms with Crippen molar-refractivity contribution in [1.29, 1.82) is 0 Å². The number of hydrogen-bond acceptors (Lipinski definition) is 1. The molecule has 3 heteroatoms. The van der Waals surface area contributed by atoms with Gasteiger partial charge in [-0.1, -0.05) is 24.4 Å². The predicted molar refractivity (Wildman–Crippen MR) is 77.2 cm³/mol. The van der Waals surface area contributed by atoms with Crippen LogP contribution in [0.2, 0.25) is 5.02 Å². The molecular formula is C15H19ClN2. The minimum Gasteiger partial charge on any atom is -0.360 e. The average Bonchev–Trinajstić information content (AvgIpc) is 2.73. The molecule has 96 valence electrons. The number of hydrogen-bond donors (Lipinski definition) is 2. The van der Waals surface area contributed by atoms with Crippen molar-refractivity contribution in [2.24, 2.45) is 5.73 Å². The highest BCUT2D eigenvalue weighted by Gasteiger charge is 2.25. The van der Waals surface area contributed by atoms with Gasteiger partial charge in [-0.15, -0.1) is 0 Å². The van der Waals surface area contributed by atoms with Gasteiger partial charge in [0, 0.05) is 23.5 Å². The van der Waals surface area contributed by atoms with Crippen molar-refractivity contribution >= 4 is 22.5 Å². The first-order valence-electron chi connectivity index (χ1n) is 6.69. The SMILES string of the molecule is Cc1cc(Cl)c2[nH]cc(C3CCCCC3N)c2c1. The van der Waals surface area contributed by atoms with Crippen molar-refractivity contribution in [3.05, 3.63) is 34.5 Å². The number of benzene rings is 1. The highest BCUT2D eigenvalue weighted by atomic mass is 35.5. The summed E-state index contributed by atoms with van der Waals surface area (Å²) in [5.74, 6) is 0.477. The minimum absolute atomic E-state index is 0.289. The second-order valence-corrected chi connectivity index (χ2v) is 5.88. The molecule has 1 heterocycles. The standard InChI is InChI=1S/C15H19ClN2/c1-9-6-11-12(8-18-15(11)13(16)7-9)10-4-2-3-5-14(10)17/h6-8,10,14,18H,2-5,17H2,1H3. The lowest BCUT2D eigenvalue weighted by molar-refractivity contribution is 0.387. The van der Waals surface area contributed by atoms with Crippen LogP contribution in [-0.2, 0) is 0 Å². The first-order valence-corrected chi connectivity index (χ1v) is 7.07. The summed E-state index contributed by atoms with van der Waals surface area (Å²) in [4.78, 5) is 3.31. The number of rotatable bonds is 1. The molecule has 0 bridgehead atoms. The van der Waals surface area contributed by atoms with Gasteiger partial charge in [-0.25, -0.2) is 0 Å². The van der Waals surface area contributed by atoms with Crippen molar-refractivity contribution in [1.82, 2.24) is 4.98 Å². The van der Waals surface area contributed by atoms with Crippen molar-refractivity contribution in [2.45, 2.75) is 44.6 Å². The Balaban J connectivity index is 2.11. The Labute approximate surface area is 113 Å². The summed E-state index contributed by atoms with van der Waals surface area (Å²) in [5.41, 5.74) is 9.90. The van der Waals surface area contributed by atoms with Crippen LogP contribution in [-0.4, -0.2) is 11.0 Å². The summed E-state index contributed by atoms with van der Waals surface area (Å²) in [5, 5.41) is 2.06.